The molecule has 0 bridgehead atoms. The lowest BCUT2D eigenvalue weighted by molar-refractivity contribution is 0.0784. The average Bonchev–Trinajstić information content (AvgIpc) is 2.39. The zero-order valence-corrected chi connectivity index (χ0v) is 11.5. The predicted molar refractivity (Wildman–Crippen MR) is 72.0 cm³/mol. The van der Waals surface area contributed by atoms with Crippen molar-refractivity contribution in [3.63, 3.8) is 0 Å². The summed E-state index contributed by atoms with van der Waals surface area (Å²) in [7, 11) is 1.76. The highest BCUT2D eigenvalue weighted by Gasteiger charge is 2.12. The van der Waals surface area contributed by atoms with Gasteiger partial charge in [-0.1, -0.05) is 6.07 Å². The van der Waals surface area contributed by atoms with Gasteiger partial charge in [-0.2, -0.15) is 0 Å². The number of pyridine rings is 2. The van der Waals surface area contributed by atoms with E-state index in [1.165, 1.54) is 0 Å². The number of carbonyl (C=O) groups is 1. The second-order valence-electron chi connectivity index (χ2n) is 3.91. The van der Waals surface area contributed by atoms with E-state index in [0.29, 0.717) is 12.1 Å². The maximum absolute atomic E-state index is 12.1. The van der Waals surface area contributed by atoms with E-state index in [-0.39, 0.29) is 5.91 Å². The quantitative estimate of drug-likeness (QED) is 0.875. The molecule has 0 fully saturated rings. The van der Waals surface area contributed by atoms with Gasteiger partial charge in [0.25, 0.3) is 5.91 Å². The zero-order valence-electron chi connectivity index (χ0n) is 9.88. The Balaban J connectivity index is 2.10. The van der Waals surface area contributed by atoms with E-state index in [2.05, 4.69) is 25.9 Å². The van der Waals surface area contributed by atoms with Crippen LogP contribution in [-0.4, -0.2) is 27.8 Å². The first-order valence-electron chi connectivity index (χ1n) is 5.42. The standard InChI is InChI=1S/C13H12BrN3O/c1-17(9-10-3-2-4-15-6-10)13(18)11-5-12(14)8-16-7-11/h2-8H,9H2,1H3. The lowest BCUT2D eigenvalue weighted by Gasteiger charge is -2.16. The van der Waals surface area contributed by atoms with Crippen molar-refractivity contribution in [3.8, 4) is 0 Å². The molecule has 0 saturated heterocycles. The maximum atomic E-state index is 12.1. The number of amides is 1. The van der Waals surface area contributed by atoms with Gasteiger partial charge < -0.3 is 4.90 Å². The van der Waals surface area contributed by atoms with Crippen LogP contribution < -0.4 is 0 Å². The van der Waals surface area contributed by atoms with Crippen LogP contribution in [0, 0.1) is 0 Å². The Morgan fingerprint density at radius 2 is 2.17 bits per heavy atom. The van der Waals surface area contributed by atoms with Crippen molar-refractivity contribution in [3.05, 3.63) is 58.6 Å². The predicted octanol–water partition coefficient (Wildman–Crippen LogP) is 2.51. The van der Waals surface area contributed by atoms with Crippen LogP contribution in [0.3, 0.4) is 0 Å². The van der Waals surface area contributed by atoms with Crippen molar-refractivity contribution in [2.24, 2.45) is 0 Å². The first-order chi connectivity index (χ1) is 8.66. The Labute approximate surface area is 114 Å². The summed E-state index contributed by atoms with van der Waals surface area (Å²) in [6.07, 6.45) is 6.68. The molecule has 2 heterocycles. The third kappa shape index (κ3) is 3.13. The Morgan fingerprint density at radius 1 is 1.33 bits per heavy atom. The van der Waals surface area contributed by atoms with Crippen molar-refractivity contribution in [2.45, 2.75) is 6.54 Å². The molecular weight excluding hydrogens is 294 g/mol. The minimum Gasteiger partial charge on any atom is -0.337 e. The molecule has 0 aliphatic carbocycles. The molecule has 0 unspecified atom stereocenters. The lowest BCUT2D eigenvalue weighted by Crippen LogP contribution is -2.26. The van der Waals surface area contributed by atoms with E-state index in [9.17, 15) is 4.79 Å². The normalized spacial score (nSPS) is 10.1. The second kappa shape index (κ2) is 5.73. The van der Waals surface area contributed by atoms with Crippen LogP contribution in [0.5, 0.6) is 0 Å². The molecule has 0 spiro atoms. The molecule has 1 amide bonds. The molecule has 0 aromatic carbocycles. The topological polar surface area (TPSA) is 46.1 Å². The van der Waals surface area contributed by atoms with Gasteiger partial charge in [0.15, 0.2) is 0 Å². The molecule has 5 heteroatoms. The number of halogens is 1. The largest absolute Gasteiger partial charge is 0.337 e. The highest BCUT2D eigenvalue weighted by atomic mass is 79.9. The first kappa shape index (κ1) is 12.7. The summed E-state index contributed by atoms with van der Waals surface area (Å²) in [5.41, 5.74) is 1.56. The van der Waals surface area contributed by atoms with Gasteiger partial charge in [-0.25, -0.2) is 0 Å². The molecule has 18 heavy (non-hydrogen) atoms. The van der Waals surface area contributed by atoms with E-state index in [1.807, 2.05) is 12.1 Å². The minimum absolute atomic E-state index is 0.0624. The summed E-state index contributed by atoms with van der Waals surface area (Å²) in [5, 5.41) is 0. The van der Waals surface area contributed by atoms with Crippen LogP contribution in [0.1, 0.15) is 15.9 Å². The van der Waals surface area contributed by atoms with E-state index >= 15 is 0 Å². The number of hydrogen-bond acceptors (Lipinski definition) is 3. The molecule has 2 aromatic rings. The van der Waals surface area contributed by atoms with Crippen LogP contribution in [0.25, 0.3) is 0 Å². The molecular formula is C13H12BrN3O. The van der Waals surface area contributed by atoms with Crippen LogP contribution in [0.4, 0.5) is 0 Å². The highest BCUT2D eigenvalue weighted by molar-refractivity contribution is 9.10. The van der Waals surface area contributed by atoms with Crippen molar-refractivity contribution in [1.29, 1.82) is 0 Å². The number of aromatic nitrogens is 2. The van der Waals surface area contributed by atoms with E-state index in [4.69, 9.17) is 0 Å². The van der Waals surface area contributed by atoms with Crippen LogP contribution >= 0.6 is 15.9 Å². The summed E-state index contributed by atoms with van der Waals surface area (Å²) in [6.45, 7) is 0.527. The Kier molecular flexibility index (Phi) is 4.04. The van der Waals surface area contributed by atoms with Crippen LogP contribution in [-0.2, 0) is 6.54 Å². The Morgan fingerprint density at radius 3 is 2.83 bits per heavy atom. The third-order valence-electron chi connectivity index (χ3n) is 2.44. The van der Waals surface area contributed by atoms with Gasteiger partial charge in [0.05, 0.1) is 5.56 Å². The first-order valence-corrected chi connectivity index (χ1v) is 6.21. The number of nitrogens with zero attached hydrogens (tertiary/aromatic N) is 3. The van der Waals surface area contributed by atoms with E-state index in [0.717, 1.165) is 10.0 Å². The molecule has 92 valence electrons. The fourth-order valence-corrected chi connectivity index (χ4v) is 1.95. The van der Waals surface area contributed by atoms with Gasteiger partial charge in [0, 0.05) is 42.9 Å². The van der Waals surface area contributed by atoms with E-state index < -0.39 is 0 Å². The van der Waals surface area contributed by atoms with Gasteiger partial charge in [-0.15, -0.1) is 0 Å². The fraction of sp³-hybridized carbons (Fsp3) is 0.154. The molecule has 2 rings (SSSR count). The summed E-state index contributed by atoms with van der Waals surface area (Å²) in [6, 6.07) is 5.55. The fourth-order valence-electron chi connectivity index (χ4n) is 1.59. The number of carbonyl (C=O) groups excluding carboxylic acids is 1. The van der Waals surface area contributed by atoms with Gasteiger partial charge in [-0.05, 0) is 33.6 Å². The van der Waals surface area contributed by atoms with Crippen LogP contribution in [0.15, 0.2) is 47.5 Å². The second-order valence-corrected chi connectivity index (χ2v) is 4.83. The van der Waals surface area contributed by atoms with Crippen molar-refractivity contribution >= 4 is 21.8 Å². The monoisotopic (exact) mass is 305 g/mol. The van der Waals surface area contributed by atoms with Crippen LogP contribution in [0.2, 0.25) is 0 Å². The molecule has 2 aromatic heterocycles. The Hall–Kier alpha value is -1.75. The van der Waals surface area contributed by atoms with Crippen molar-refractivity contribution in [2.75, 3.05) is 7.05 Å². The SMILES string of the molecule is CN(Cc1cccnc1)C(=O)c1cncc(Br)c1. The molecule has 0 aliphatic heterocycles. The zero-order chi connectivity index (χ0) is 13.0. The van der Waals surface area contributed by atoms with Crippen molar-refractivity contribution in [1.82, 2.24) is 14.9 Å². The molecule has 0 radical (unpaired) electrons. The highest BCUT2D eigenvalue weighted by Crippen LogP contribution is 2.12. The molecule has 0 N–H and O–H groups in total. The average molecular weight is 306 g/mol. The summed E-state index contributed by atoms with van der Waals surface area (Å²) < 4.78 is 0.795. The summed E-state index contributed by atoms with van der Waals surface area (Å²) in [4.78, 5) is 21.8. The molecule has 0 atom stereocenters. The summed E-state index contributed by atoms with van der Waals surface area (Å²) >= 11 is 3.30. The lowest BCUT2D eigenvalue weighted by atomic mass is 10.2. The molecule has 4 nitrogen and oxygen atoms in total. The van der Waals surface area contributed by atoms with Gasteiger partial charge >= 0.3 is 0 Å². The van der Waals surface area contributed by atoms with Gasteiger partial charge in [0.1, 0.15) is 0 Å². The van der Waals surface area contributed by atoms with Gasteiger partial charge in [-0.3, -0.25) is 14.8 Å². The maximum Gasteiger partial charge on any atom is 0.255 e. The van der Waals surface area contributed by atoms with E-state index in [1.54, 1.807) is 42.8 Å². The third-order valence-corrected chi connectivity index (χ3v) is 2.87. The minimum atomic E-state index is -0.0624. The molecule has 0 aliphatic rings. The smallest absolute Gasteiger partial charge is 0.255 e. The summed E-state index contributed by atoms with van der Waals surface area (Å²) in [5.74, 6) is -0.0624. The van der Waals surface area contributed by atoms with Crippen molar-refractivity contribution < 1.29 is 4.79 Å². The number of rotatable bonds is 3. The molecule has 0 saturated carbocycles. The Bertz CT molecular complexity index is 545. The number of hydrogen-bond donors (Lipinski definition) is 0. The van der Waals surface area contributed by atoms with Gasteiger partial charge in [0.2, 0.25) is 0 Å².